The molecule has 0 aromatic heterocycles. The molecule has 0 spiro atoms. The van der Waals surface area contributed by atoms with Crippen molar-refractivity contribution in [2.75, 3.05) is 25.2 Å². The van der Waals surface area contributed by atoms with E-state index in [1.54, 1.807) is 32.0 Å². The third-order valence-electron chi connectivity index (χ3n) is 4.53. The maximum Gasteiger partial charge on any atom is 0.573 e. The largest absolute Gasteiger partial charge is 0.573 e. The van der Waals surface area contributed by atoms with E-state index >= 15 is 0 Å². The predicted molar refractivity (Wildman–Crippen MR) is 109 cm³/mol. The first-order chi connectivity index (χ1) is 14.9. The Balaban J connectivity index is 1.66. The summed E-state index contributed by atoms with van der Waals surface area (Å²) in [6.45, 7) is 3.70. The van der Waals surface area contributed by atoms with Gasteiger partial charge in [-0.25, -0.2) is 0 Å². The van der Waals surface area contributed by atoms with Crippen LogP contribution in [0.25, 0.3) is 0 Å². The average molecular weight is 455 g/mol. The van der Waals surface area contributed by atoms with Crippen LogP contribution in [-0.2, 0) is 4.79 Å². The van der Waals surface area contributed by atoms with Gasteiger partial charge in [0.2, 0.25) is 0 Å². The van der Waals surface area contributed by atoms with Crippen LogP contribution in [0.4, 0.5) is 18.9 Å². The molecule has 0 aliphatic carbocycles. The number of nitrogens with zero attached hydrogens (tertiary/aromatic N) is 1. The Bertz CT molecular complexity index is 940. The SMILES string of the molecule is COc1cc(N2CC[C@@H](Oc3ccc(OC(F)(F)F)cc3)C2=O)ccc1OCC(C)(C)O. The topological polar surface area (TPSA) is 77.5 Å². The average Bonchev–Trinajstić information content (AvgIpc) is 3.06. The van der Waals surface area contributed by atoms with Gasteiger partial charge in [0.1, 0.15) is 18.1 Å². The Morgan fingerprint density at radius 2 is 1.72 bits per heavy atom. The monoisotopic (exact) mass is 455 g/mol. The van der Waals surface area contributed by atoms with Gasteiger partial charge in [0, 0.05) is 24.7 Å². The summed E-state index contributed by atoms with van der Waals surface area (Å²) in [5, 5.41) is 9.83. The summed E-state index contributed by atoms with van der Waals surface area (Å²) in [6.07, 6.45) is -5.15. The number of carbonyl (C=O) groups excluding carboxylic acids is 1. The van der Waals surface area contributed by atoms with Crippen LogP contribution < -0.4 is 23.8 Å². The first kappa shape index (κ1) is 23.5. The summed E-state index contributed by atoms with van der Waals surface area (Å²) in [5.74, 6) is 0.437. The zero-order valence-electron chi connectivity index (χ0n) is 17.8. The van der Waals surface area contributed by atoms with Gasteiger partial charge in [-0.2, -0.15) is 0 Å². The van der Waals surface area contributed by atoms with Crippen molar-refractivity contribution in [2.45, 2.75) is 38.3 Å². The molecule has 1 amide bonds. The fraction of sp³-hybridized carbons (Fsp3) is 0.409. The second kappa shape index (κ2) is 9.15. The Morgan fingerprint density at radius 1 is 1.06 bits per heavy atom. The number of aliphatic hydroxyl groups is 1. The maximum absolute atomic E-state index is 12.8. The number of hydrogen-bond donors (Lipinski definition) is 1. The van der Waals surface area contributed by atoms with Gasteiger partial charge in [-0.15, -0.1) is 13.2 Å². The normalized spacial score (nSPS) is 16.8. The zero-order valence-corrected chi connectivity index (χ0v) is 17.8. The van der Waals surface area contributed by atoms with E-state index < -0.39 is 18.1 Å². The molecule has 10 heteroatoms. The minimum Gasteiger partial charge on any atom is -0.493 e. The van der Waals surface area contributed by atoms with E-state index in [-0.39, 0.29) is 24.0 Å². The molecular weight excluding hydrogens is 431 g/mol. The summed E-state index contributed by atoms with van der Waals surface area (Å²) < 4.78 is 57.2. The molecule has 0 saturated carbocycles. The van der Waals surface area contributed by atoms with Crippen molar-refractivity contribution in [1.82, 2.24) is 0 Å². The Hall–Kier alpha value is -3.14. The molecule has 32 heavy (non-hydrogen) atoms. The van der Waals surface area contributed by atoms with Gasteiger partial charge in [-0.05, 0) is 50.2 Å². The van der Waals surface area contributed by atoms with Gasteiger partial charge < -0.3 is 29.0 Å². The van der Waals surface area contributed by atoms with Crippen molar-refractivity contribution >= 4 is 11.6 Å². The quantitative estimate of drug-likeness (QED) is 0.650. The first-order valence-electron chi connectivity index (χ1n) is 9.82. The lowest BCUT2D eigenvalue weighted by atomic mass is 10.2. The molecule has 0 unspecified atom stereocenters. The third-order valence-corrected chi connectivity index (χ3v) is 4.53. The standard InChI is InChI=1S/C22H24F3NO6/c1-21(2,28)13-30-17-9-4-14(12-19(17)29-3)26-11-10-18(20(26)27)31-15-5-7-16(8-6-15)32-22(23,24)25/h4-9,12,18,28H,10-11,13H2,1-3H3/t18-/m1/s1. The molecule has 0 bridgehead atoms. The summed E-state index contributed by atoms with van der Waals surface area (Å²) in [7, 11) is 1.47. The van der Waals surface area contributed by atoms with E-state index in [1.807, 2.05) is 0 Å². The van der Waals surface area contributed by atoms with Crippen LogP contribution in [-0.4, -0.2) is 49.3 Å². The number of benzene rings is 2. The highest BCUT2D eigenvalue weighted by atomic mass is 19.4. The molecule has 1 atom stereocenters. The summed E-state index contributed by atoms with van der Waals surface area (Å²) in [6, 6.07) is 9.88. The molecule has 174 valence electrons. The maximum atomic E-state index is 12.8. The number of halogens is 3. The number of amides is 1. The molecule has 1 saturated heterocycles. The number of rotatable bonds is 8. The molecule has 0 radical (unpaired) electrons. The van der Waals surface area contributed by atoms with Crippen LogP contribution in [0, 0.1) is 0 Å². The fourth-order valence-electron chi connectivity index (χ4n) is 3.10. The van der Waals surface area contributed by atoms with Crippen molar-refractivity contribution in [3.05, 3.63) is 42.5 Å². The van der Waals surface area contributed by atoms with E-state index in [9.17, 15) is 23.1 Å². The lowest BCUT2D eigenvalue weighted by Crippen LogP contribution is -2.32. The van der Waals surface area contributed by atoms with Crippen molar-refractivity contribution in [3.8, 4) is 23.0 Å². The van der Waals surface area contributed by atoms with Gasteiger partial charge in [-0.3, -0.25) is 4.79 Å². The van der Waals surface area contributed by atoms with Gasteiger partial charge >= 0.3 is 6.36 Å². The number of ether oxygens (including phenoxy) is 4. The van der Waals surface area contributed by atoms with Gasteiger partial charge in [0.25, 0.3) is 5.91 Å². The molecule has 2 aromatic rings. The smallest absolute Gasteiger partial charge is 0.493 e. The van der Waals surface area contributed by atoms with E-state index in [0.29, 0.717) is 30.2 Å². The fourth-order valence-corrected chi connectivity index (χ4v) is 3.10. The zero-order chi connectivity index (χ0) is 23.5. The summed E-state index contributed by atoms with van der Waals surface area (Å²) >= 11 is 0. The molecule has 1 fully saturated rings. The summed E-state index contributed by atoms with van der Waals surface area (Å²) in [4.78, 5) is 14.4. The van der Waals surface area contributed by atoms with E-state index in [4.69, 9.17) is 14.2 Å². The molecule has 3 rings (SSSR count). The molecule has 1 aliphatic rings. The number of carbonyl (C=O) groups is 1. The Kier molecular flexibility index (Phi) is 6.73. The molecule has 1 N–H and O–H groups in total. The minimum atomic E-state index is -4.78. The van der Waals surface area contributed by atoms with Crippen molar-refractivity contribution < 1.29 is 42.0 Å². The molecular formula is C22H24F3NO6. The second-order valence-electron chi connectivity index (χ2n) is 7.84. The van der Waals surface area contributed by atoms with Gasteiger partial charge in [-0.1, -0.05) is 0 Å². The third kappa shape index (κ3) is 6.19. The van der Waals surface area contributed by atoms with Crippen molar-refractivity contribution in [1.29, 1.82) is 0 Å². The molecule has 7 nitrogen and oxygen atoms in total. The highest BCUT2D eigenvalue weighted by Crippen LogP contribution is 2.34. The molecule has 1 heterocycles. The number of methoxy groups -OCH3 is 1. The van der Waals surface area contributed by atoms with Crippen LogP contribution in [0.2, 0.25) is 0 Å². The van der Waals surface area contributed by atoms with Gasteiger partial charge in [0.05, 0.1) is 12.7 Å². The van der Waals surface area contributed by atoms with E-state index in [0.717, 1.165) is 12.1 Å². The number of anilines is 1. The van der Waals surface area contributed by atoms with Crippen LogP contribution in [0.3, 0.4) is 0 Å². The van der Waals surface area contributed by atoms with Crippen molar-refractivity contribution in [2.24, 2.45) is 0 Å². The number of alkyl halides is 3. The molecule has 1 aliphatic heterocycles. The van der Waals surface area contributed by atoms with Crippen LogP contribution >= 0.6 is 0 Å². The number of hydrogen-bond acceptors (Lipinski definition) is 6. The Labute approximate surface area is 183 Å². The van der Waals surface area contributed by atoms with E-state index in [1.165, 1.54) is 24.1 Å². The lowest BCUT2D eigenvalue weighted by molar-refractivity contribution is -0.274. The molecule has 2 aromatic carbocycles. The van der Waals surface area contributed by atoms with Gasteiger partial charge in [0.15, 0.2) is 17.6 Å². The summed E-state index contributed by atoms with van der Waals surface area (Å²) in [5.41, 5.74) is -0.432. The second-order valence-corrected chi connectivity index (χ2v) is 7.84. The van der Waals surface area contributed by atoms with Crippen LogP contribution in [0.5, 0.6) is 23.0 Å². The predicted octanol–water partition coefficient (Wildman–Crippen LogP) is 3.93. The van der Waals surface area contributed by atoms with Crippen LogP contribution in [0.15, 0.2) is 42.5 Å². The highest BCUT2D eigenvalue weighted by Gasteiger charge is 2.35. The van der Waals surface area contributed by atoms with Crippen molar-refractivity contribution in [3.63, 3.8) is 0 Å². The van der Waals surface area contributed by atoms with Crippen LogP contribution in [0.1, 0.15) is 20.3 Å². The Morgan fingerprint density at radius 3 is 2.31 bits per heavy atom. The lowest BCUT2D eigenvalue weighted by Gasteiger charge is -2.21. The minimum absolute atomic E-state index is 0.0636. The highest BCUT2D eigenvalue weighted by molar-refractivity contribution is 5.99. The van der Waals surface area contributed by atoms with E-state index in [2.05, 4.69) is 4.74 Å². The first-order valence-corrected chi connectivity index (χ1v) is 9.82.